The van der Waals surface area contributed by atoms with Gasteiger partial charge < -0.3 is 9.64 Å². The van der Waals surface area contributed by atoms with Crippen LogP contribution in [0.15, 0.2) is 24.3 Å². The highest BCUT2D eigenvalue weighted by Gasteiger charge is 2.35. The third kappa shape index (κ3) is 3.52. The molecule has 21 heavy (non-hydrogen) atoms. The van der Waals surface area contributed by atoms with Crippen LogP contribution in [0.4, 0.5) is 0 Å². The molecule has 1 saturated heterocycles. The molecule has 2 unspecified atom stereocenters. The Labute approximate surface area is 140 Å². The van der Waals surface area contributed by atoms with Gasteiger partial charge in [-0.15, -0.1) is 0 Å². The Morgan fingerprint density at radius 2 is 1.95 bits per heavy atom. The van der Waals surface area contributed by atoms with Gasteiger partial charge in [-0.3, -0.25) is 4.79 Å². The standard InChI is InChI=1S/C17H22INO2/c18-14-8-2-4-10-16(14)21-12-17(20)19-11-5-7-13-6-1-3-9-15(13)19/h2,4,8,10,13,15H,1,3,5-7,9,11-12H2. The number of likely N-dealkylation sites (tertiary alicyclic amines) is 1. The Hall–Kier alpha value is -0.780. The van der Waals surface area contributed by atoms with E-state index in [1.807, 2.05) is 24.3 Å². The highest BCUT2D eigenvalue weighted by Crippen LogP contribution is 2.35. The smallest absolute Gasteiger partial charge is 0.260 e. The van der Waals surface area contributed by atoms with Crippen LogP contribution >= 0.6 is 22.6 Å². The second kappa shape index (κ2) is 6.99. The molecule has 4 heteroatoms. The molecular formula is C17H22INO2. The van der Waals surface area contributed by atoms with E-state index >= 15 is 0 Å². The molecule has 2 aliphatic rings. The van der Waals surface area contributed by atoms with Crippen molar-refractivity contribution in [1.82, 2.24) is 4.90 Å². The van der Waals surface area contributed by atoms with Gasteiger partial charge in [0.15, 0.2) is 6.61 Å². The molecular weight excluding hydrogens is 377 g/mol. The summed E-state index contributed by atoms with van der Waals surface area (Å²) in [5, 5.41) is 0. The zero-order valence-electron chi connectivity index (χ0n) is 12.3. The Morgan fingerprint density at radius 3 is 2.81 bits per heavy atom. The summed E-state index contributed by atoms with van der Waals surface area (Å²) in [5.74, 6) is 1.70. The molecule has 114 valence electrons. The lowest BCUT2D eigenvalue weighted by Crippen LogP contribution is -2.51. The van der Waals surface area contributed by atoms with Crippen LogP contribution in [-0.2, 0) is 4.79 Å². The number of fused-ring (bicyclic) bond motifs is 1. The van der Waals surface area contributed by atoms with E-state index in [-0.39, 0.29) is 12.5 Å². The molecule has 0 radical (unpaired) electrons. The number of benzene rings is 1. The predicted molar refractivity (Wildman–Crippen MR) is 91.3 cm³/mol. The van der Waals surface area contributed by atoms with Crippen molar-refractivity contribution in [3.8, 4) is 5.75 Å². The first kappa shape index (κ1) is 15.1. The third-order valence-electron chi connectivity index (χ3n) is 4.75. The van der Waals surface area contributed by atoms with E-state index < -0.39 is 0 Å². The molecule has 1 aromatic rings. The molecule has 1 heterocycles. The second-order valence-corrected chi connectivity index (χ2v) is 7.22. The van der Waals surface area contributed by atoms with Gasteiger partial charge in [0.1, 0.15) is 5.75 Å². The summed E-state index contributed by atoms with van der Waals surface area (Å²) < 4.78 is 6.79. The van der Waals surface area contributed by atoms with E-state index in [0.29, 0.717) is 6.04 Å². The van der Waals surface area contributed by atoms with Gasteiger partial charge in [-0.2, -0.15) is 0 Å². The lowest BCUT2D eigenvalue weighted by molar-refractivity contribution is -0.139. The summed E-state index contributed by atoms with van der Waals surface area (Å²) >= 11 is 2.24. The number of halogens is 1. The summed E-state index contributed by atoms with van der Waals surface area (Å²) in [6, 6.07) is 8.32. The molecule has 1 aromatic carbocycles. The van der Waals surface area contributed by atoms with Crippen LogP contribution < -0.4 is 4.74 Å². The number of hydrogen-bond acceptors (Lipinski definition) is 2. The minimum Gasteiger partial charge on any atom is -0.483 e. The monoisotopic (exact) mass is 399 g/mol. The Balaban J connectivity index is 1.60. The van der Waals surface area contributed by atoms with Crippen LogP contribution in [0.2, 0.25) is 0 Å². The van der Waals surface area contributed by atoms with Crippen molar-refractivity contribution in [3.63, 3.8) is 0 Å². The van der Waals surface area contributed by atoms with E-state index in [1.54, 1.807) is 0 Å². The number of carbonyl (C=O) groups is 1. The normalized spacial score (nSPS) is 25.3. The summed E-state index contributed by atoms with van der Waals surface area (Å²) in [7, 11) is 0. The highest BCUT2D eigenvalue weighted by atomic mass is 127. The molecule has 0 N–H and O–H groups in total. The number of piperidine rings is 1. The Morgan fingerprint density at radius 1 is 1.19 bits per heavy atom. The quantitative estimate of drug-likeness (QED) is 0.723. The van der Waals surface area contributed by atoms with Crippen LogP contribution in [0.1, 0.15) is 38.5 Å². The van der Waals surface area contributed by atoms with Gasteiger partial charge >= 0.3 is 0 Å². The van der Waals surface area contributed by atoms with Crippen molar-refractivity contribution < 1.29 is 9.53 Å². The maximum Gasteiger partial charge on any atom is 0.260 e. The molecule has 0 aromatic heterocycles. The summed E-state index contributed by atoms with van der Waals surface area (Å²) in [6.07, 6.45) is 7.52. The highest BCUT2D eigenvalue weighted by molar-refractivity contribution is 14.1. The zero-order valence-corrected chi connectivity index (χ0v) is 14.4. The first-order valence-electron chi connectivity index (χ1n) is 7.92. The Kier molecular flexibility index (Phi) is 5.03. The van der Waals surface area contributed by atoms with Crippen LogP contribution in [-0.4, -0.2) is 30.0 Å². The van der Waals surface area contributed by atoms with E-state index in [1.165, 1.54) is 32.1 Å². The van der Waals surface area contributed by atoms with Crippen LogP contribution in [0.3, 0.4) is 0 Å². The number of ether oxygens (including phenoxy) is 1. The average molecular weight is 399 g/mol. The van der Waals surface area contributed by atoms with E-state index in [4.69, 9.17) is 4.74 Å². The van der Waals surface area contributed by atoms with Crippen molar-refractivity contribution in [1.29, 1.82) is 0 Å². The van der Waals surface area contributed by atoms with Crippen molar-refractivity contribution in [2.75, 3.05) is 13.2 Å². The molecule has 2 atom stereocenters. The second-order valence-electron chi connectivity index (χ2n) is 6.06. The zero-order chi connectivity index (χ0) is 14.7. The van der Waals surface area contributed by atoms with Gasteiger partial charge in [-0.05, 0) is 66.3 Å². The molecule has 2 fully saturated rings. The average Bonchev–Trinajstić information content (AvgIpc) is 2.53. The fourth-order valence-electron chi connectivity index (χ4n) is 3.72. The van der Waals surface area contributed by atoms with E-state index in [2.05, 4.69) is 27.5 Å². The molecule has 0 bridgehead atoms. The summed E-state index contributed by atoms with van der Waals surface area (Å²) in [4.78, 5) is 14.6. The third-order valence-corrected chi connectivity index (χ3v) is 5.64. The number of amides is 1. The minimum absolute atomic E-state index is 0.159. The molecule has 1 aliphatic heterocycles. The Bertz CT molecular complexity index is 503. The maximum absolute atomic E-state index is 12.5. The topological polar surface area (TPSA) is 29.5 Å². The fraction of sp³-hybridized carbons (Fsp3) is 0.588. The molecule has 1 amide bonds. The van der Waals surface area contributed by atoms with Gasteiger partial charge in [-0.25, -0.2) is 0 Å². The molecule has 3 nitrogen and oxygen atoms in total. The van der Waals surface area contributed by atoms with Gasteiger partial charge in [0.2, 0.25) is 0 Å². The van der Waals surface area contributed by atoms with Crippen LogP contribution in [0.5, 0.6) is 5.75 Å². The van der Waals surface area contributed by atoms with Crippen molar-refractivity contribution >= 4 is 28.5 Å². The molecule has 1 saturated carbocycles. The number of hydrogen-bond donors (Lipinski definition) is 0. The summed E-state index contributed by atoms with van der Waals surface area (Å²) in [6.45, 7) is 1.08. The number of carbonyl (C=O) groups excluding carboxylic acids is 1. The first-order chi connectivity index (χ1) is 10.3. The summed E-state index contributed by atoms with van der Waals surface area (Å²) in [5.41, 5.74) is 0. The van der Waals surface area contributed by atoms with Gasteiger partial charge in [0, 0.05) is 12.6 Å². The lowest BCUT2D eigenvalue weighted by Gasteiger charge is -2.44. The van der Waals surface area contributed by atoms with Crippen molar-refractivity contribution in [2.24, 2.45) is 5.92 Å². The predicted octanol–water partition coefficient (Wildman–Crippen LogP) is 3.85. The maximum atomic E-state index is 12.5. The van der Waals surface area contributed by atoms with Crippen LogP contribution in [0, 0.1) is 9.49 Å². The SMILES string of the molecule is O=C(COc1ccccc1I)N1CCCC2CCCCC21. The van der Waals surface area contributed by atoms with Crippen molar-refractivity contribution in [2.45, 2.75) is 44.6 Å². The van der Waals surface area contributed by atoms with E-state index in [9.17, 15) is 4.79 Å². The largest absolute Gasteiger partial charge is 0.483 e. The van der Waals surface area contributed by atoms with Gasteiger partial charge in [0.05, 0.1) is 3.57 Å². The molecule has 3 rings (SSSR count). The van der Waals surface area contributed by atoms with E-state index in [0.717, 1.165) is 28.2 Å². The fourth-order valence-corrected chi connectivity index (χ4v) is 4.26. The van der Waals surface area contributed by atoms with Crippen LogP contribution in [0.25, 0.3) is 0 Å². The number of rotatable bonds is 3. The van der Waals surface area contributed by atoms with Crippen molar-refractivity contribution in [3.05, 3.63) is 27.8 Å². The van der Waals surface area contributed by atoms with Gasteiger partial charge in [0.25, 0.3) is 5.91 Å². The minimum atomic E-state index is 0.159. The number of para-hydroxylation sites is 1. The lowest BCUT2D eigenvalue weighted by atomic mass is 9.78. The molecule has 0 spiro atoms. The number of nitrogens with zero attached hydrogens (tertiary/aromatic N) is 1. The molecule has 1 aliphatic carbocycles. The first-order valence-corrected chi connectivity index (χ1v) is 9.00. The van der Waals surface area contributed by atoms with Gasteiger partial charge in [-0.1, -0.05) is 25.0 Å².